The van der Waals surface area contributed by atoms with Gasteiger partial charge in [-0.2, -0.15) is 0 Å². The van der Waals surface area contributed by atoms with Crippen LogP contribution in [0.15, 0.2) is 67.0 Å². The van der Waals surface area contributed by atoms with Crippen molar-refractivity contribution < 1.29 is 13.9 Å². The van der Waals surface area contributed by atoms with E-state index in [1.54, 1.807) is 36.7 Å². The molecule has 204 valence electrons. The molecule has 1 amide bonds. The standard InChI is InChI=1S/C30H28ClFN6O2/c1-3-16-11-23(26(32)25(12-16)40-4-2)27(37-19-6-8-20-17(13-19)9-10-35-28(20)33)30-36-15-24(38-30)21-7-5-18(31)14-22(21)29(34)39/h5-15,27,37H,3-4H2,1-2H3,(H2,33,35)(H2,34,39)(H,36,38). The van der Waals surface area contributed by atoms with Gasteiger partial charge in [-0.05, 0) is 66.8 Å². The minimum Gasteiger partial charge on any atom is -0.491 e. The molecule has 3 aromatic carbocycles. The Bertz CT molecular complexity index is 1720. The van der Waals surface area contributed by atoms with Gasteiger partial charge in [0.25, 0.3) is 0 Å². The van der Waals surface area contributed by atoms with Crippen molar-refractivity contribution in [3.8, 4) is 17.0 Å². The number of carbonyl (C=O) groups is 1. The van der Waals surface area contributed by atoms with Crippen LogP contribution in [-0.2, 0) is 6.42 Å². The highest BCUT2D eigenvalue weighted by molar-refractivity contribution is 6.31. The van der Waals surface area contributed by atoms with Gasteiger partial charge in [-0.25, -0.2) is 14.4 Å². The molecule has 2 heterocycles. The number of nitrogens with one attached hydrogen (secondary N) is 2. The highest BCUT2D eigenvalue weighted by Gasteiger charge is 2.25. The third-order valence-corrected chi connectivity index (χ3v) is 6.89. The van der Waals surface area contributed by atoms with E-state index in [-0.39, 0.29) is 11.3 Å². The summed E-state index contributed by atoms with van der Waals surface area (Å²) < 4.78 is 21.6. The fraction of sp³-hybridized carbons (Fsp3) is 0.167. The van der Waals surface area contributed by atoms with E-state index in [9.17, 15) is 4.79 Å². The van der Waals surface area contributed by atoms with Crippen LogP contribution in [0.3, 0.4) is 0 Å². The Morgan fingerprint density at radius 2 is 1.95 bits per heavy atom. The number of fused-ring (bicyclic) bond motifs is 1. The highest BCUT2D eigenvalue weighted by Crippen LogP contribution is 2.35. The van der Waals surface area contributed by atoms with E-state index >= 15 is 4.39 Å². The minimum absolute atomic E-state index is 0.168. The van der Waals surface area contributed by atoms with E-state index in [1.165, 1.54) is 6.07 Å². The molecule has 40 heavy (non-hydrogen) atoms. The molecule has 1 atom stereocenters. The molecule has 8 nitrogen and oxygen atoms in total. The highest BCUT2D eigenvalue weighted by atomic mass is 35.5. The van der Waals surface area contributed by atoms with Crippen LogP contribution in [0.2, 0.25) is 5.02 Å². The maximum Gasteiger partial charge on any atom is 0.249 e. The molecule has 2 aromatic heterocycles. The SMILES string of the molecule is CCOc1cc(CC)cc(C(Nc2ccc3c(N)nccc3c2)c2ncc(-c3ccc(Cl)cc3C(N)=O)[nH]2)c1F. The normalized spacial score (nSPS) is 11.9. The lowest BCUT2D eigenvalue weighted by atomic mass is 9.99. The Labute approximate surface area is 235 Å². The van der Waals surface area contributed by atoms with Gasteiger partial charge < -0.3 is 26.5 Å². The molecule has 0 aliphatic rings. The van der Waals surface area contributed by atoms with Gasteiger partial charge in [0, 0.05) is 39.0 Å². The molecule has 0 saturated heterocycles. The van der Waals surface area contributed by atoms with Crippen molar-refractivity contribution in [2.45, 2.75) is 26.3 Å². The number of ether oxygens (including phenoxy) is 1. The van der Waals surface area contributed by atoms with Crippen LogP contribution in [0.4, 0.5) is 15.9 Å². The van der Waals surface area contributed by atoms with Gasteiger partial charge in [0.15, 0.2) is 11.6 Å². The minimum atomic E-state index is -0.750. The zero-order chi connectivity index (χ0) is 28.4. The second-order valence-corrected chi connectivity index (χ2v) is 9.67. The number of hydrogen-bond donors (Lipinski definition) is 4. The number of rotatable bonds is 9. The molecule has 0 aliphatic heterocycles. The van der Waals surface area contributed by atoms with Gasteiger partial charge in [-0.1, -0.05) is 30.7 Å². The van der Waals surface area contributed by atoms with Crippen molar-refractivity contribution in [2.24, 2.45) is 5.73 Å². The maximum atomic E-state index is 16.0. The number of aromatic amines is 1. The van der Waals surface area contributed by atoms with E-state index in [0.717, 1.165) is 16.3 Å². The summed E-state index contributed by atoms with van der Waals surface area (Å²) in [7, 11) is 0. The van der Waals surface area contributed by atoms with Crippen LogP contribution in [0.5, 0.6) is 5.75 Å². The number of H-pyrrole nitrogens is 1. The predicted molar refractivity (Wildman–Crippen MR) is 156 cm³/mol. The quantitative estimate of drug-likeness (QED) is 0.169. The number of amides is 1. The Morgan fingerprint density at radius 3 is 2.70 bits per heavy atom. The number of aromatic nitrogens is 3. The van der Waals surface area contributed by atoms with E-state index in [2.05, 4.69) is 20.3 Å². The summed E-state index contributed by atoms with van der Waals surface area (Å²) >= 11 is 6.10. The second kappa shape index (κ2) is 11.2. The Morgan fingerprint density at radius 1 is 1.12 bits per heavy atom. The van der Waals surface area contributed by atoms with Crippen molar-refractivity contribution in [3.05, 3.63) is 100 Å². The summed E-state index contributed by atoms with van der Waals surface area (Å²) in [5, 5.41) is 5.50. The number of nitrogen functional groups attached to an aromatic ring is 1. The van der Waals surface area contributed by atoms with Gasteiger partial charge in [-0.3, -0.25) is 4.79 Å². The second-order valence-electron chi connectivity index (χ2n) is 9.23. The first-order valence-corrected chi connectivity index (χ1v) is 13.2. The molecular formula is C30H28ClFN6O2. The molecule has 0 saturated carbocycles. The zero-order valence-electron chi connectivity index (χ0n) is 22.0. The number of pyridine rings is 1. The number of nitrogens with zero attached hydrogens (tertiary/aromatic N) is 2. The van der Waals surface area contributed by atoms with Crippen LogP contribution in [0.25, 0.3) is 22.0 Å². The van der Waals surface area contributed by atoms with Crippen molar-refractivity contribution in [1.82, 2.24) is 15.0 Å². The van der Waals surface area contributed by atoms with Crippen LogP contribution >= 0.6 is 11.6 Å². The fourth-order valence-electron chi connectivity index (χ4n) is 4.68. The van der Waals surface area contributed by atoms with Crippen LogP contribution in [0.1, 0.15) is 47.2 Å². The number of primary amides is 1. The summed E-state index contributed by atoms with van der Waals surface area (Å²) in [6.45, 7) is 4.12. The smallest absolute Gasteiger partial charge is 0.249 e. The number of anilines is 2. The predicted octanol–water partition coefficient (Wildman–Crippen LogP) is 6.26. The first-order chi connectivity index (χ1) is 19.3. The number of nitrogens with two attached hydrogens (primary N) is 2. The first kappa shape index (κ1) is 27.0. The van der Waals surface area contributed by atoms with Crippen LogP contribution in [0, 0.1) is 5.82 Å². The molecule has 0 spiro atoms. The molecule has 6 N–H and O–H groups in total. The molecular weight excluding hydrogens is 531 g/mol. The van der Waals surface area contributed by atoms with E-state index in [1.807, 2.05) is 38.1 Å². The topological polar surface area (TPSA) is 132 Å². The lowest BCUT2D eigenvalue weighted by Gasteiger charge is -2.22. The molecule has 1 unspecified atom stereocenters. The first-order valence-electron chi connectivity index (χ1n) is 12.8. The van der Waals surface area contributed by atoms with Gasteiger partial charge >= 0.3 is 0 Å². The Kier molecular flexibility index (Phi) is 7.57. The van der Waals surface area contributed by atoms with Crippen LogP contribution < -0.4 is 21.5 Å². The summed E-state index contributed by atoms with van der Waals surface area (Å²) in [4.78, 5) is 24.1. The number of benzene rings is 3. The summed E-state index contributed by atoms with van der Waals surface area (Å²) in [6, 6.07) is 15.1. The van der Waals surface area contributed by atoms with E-state index < -0.39 is 17.8 Å². The van der Waals surface area contributed by atoms with Crippen molar-refractivity contribution in [1.29, 1.82) is 0 Å². The summed E-state index contributed by atoms with van der Waals surface area (Å²) in [6.07, 6.45) is 3.90. The van der Waals surface area contributed by atoms with Gasteiger partial charge in [0.1, 0.15) is 17.7 Å². The number of imidazole rings is 1. The molecule has 5 rings (SSSR count). The molecule has 0 bridgehead atoms. The summed E-state index contributed by atoms with van der Waals surface area (Å²) in [5.41, 5.74) is 14.9. The van der Waals surface area contributed by atoms with Gasteiger partial charge in [0.2, 0.25) is 5.91 Å². The largest absolute Gasteiger partial charge is 0.491 e. The number of carbonyl (C=O) groups excluding carboxylic acids is 1. The fourth-order valence-corrected chi connectivity index (χ4v) is 4.85. The third kappa shape index (κ3) is 5.28. The van der Waals surface area contributed by atoms with E-state index in [4.69, 9.17) is 27.8 Å². The molecule has 0 radical (unpaired) electrons. The van der Waals surface area contributed by atoms with Gasteiger partial charge in [-0.15, -0.1) is 0 Å². The van der Waals surface area contributed by atoms with E-state index in [0.29, 0.717) is 52.2 Å². The average Bonchev–Trinajstić information content (AvgIpc) is 3.43. The Hall–Kier alpha value is -4.63. The molecule has 0 fully saturated rings. The average molecular weight is 559 g/mol. The maximum absolute atomic E-state index is 16.0. The number of halogens is 2. The van der Waals surface area contributed by atoms with Crippen molar-refractivity contribution in [2.75, 3.05) is 17.7 Å². The lowest BCUT2D eigenvalue weighted by Crippen LogP contribution is -2.17. The monoisotopic (exact) mass is 558 g/mol. The van der Waals surface area contributed by atoms with Gasteiger partial charge in [0.05, 0.1) is 18.5 Å². The lowest BCUT2D eigenvalue weighted by molar-refractivity contribution is 0.100. The van der Waals surface area contributed by atoms with Crippen molar-refractivity contribution >= 4 is 39.8 Å². The third-order valence-electron chi connectivity index (χ3n) is 6.66. The number of hydrogen-bond acceptors (Lipinski definition) is 6. The molecule has 0 aliphatic carbocycles. The zero-order valence-corrected chi connectivity index (χ0v) is 22.7. The summed E-state index contributed by atoms with van der Waals surface area (Å²) in [5.74, 6) is -0.109. The molecule has 5 aromatic rings. The van der Waals surface area contributed by atoms with Crippen LogP contribution in [-0.4, -0.2) is 27.5 Å². The number of aryl methyl sites for hydroxylation is 1. The van der Waals surface area contributed by atoms with Crippen molar-refractivity contribution in [3.63, 3.8) is 0 Å². The molecule has 10 heteroatoms. The Balaban J connectivity index is 1.65.